The molecular weight excluding hydrogens is 442 g/mol. The van der Waals surface area contributed by atoms with Gasteiger partial charge in [-0.15, -0.1) is 0 Å². The molecule has 0 N–H and O–H groups in total. The fourth-order valence-electron chi connectivity index (χ4n) is 4.34. The molecule has 9 heteroatoms. The minimum atomic E-state index is -0.528. The van der Waals surface area contributed by atoms with Gasteiger partial charge in [0.25, 0.3) is 11.8 Å². The predicted molar refractivity (Wildman–Crippen MR) is 108 cm³/mol. The first-order valence-electron chi connectivity index (χ1n) is 9.56. The van der Waals surface area contributed by atoms with Gasteiger partial charge in [-0.1, -0.05) is 19.1 Å². The maximum Gasteiger partial charge on any atom is 0.312 e. The van der Waals surface area contributed by atoms with Crippen LogP contribution in [0, 0.1) is 33.8 Å². The summed E-state index contributed by atoms with van der Waals surface area (Å²) in [6.45, 7) is 3.75. The van der Waals surface area contributed by atoms with Crippen molar-refractivity contribution >= 4 is 39.6 Å². The SMILES string of the molecule is CC[C@H](C)Oc1c(Br)cc(C=NN2C(=O)[C@@H]3[C@H](C2=O)[C@H]2C=C[C@H]3C2)cc1[N+](=O)[O-]. The number of carbonyl (C=O) groups is 2. The molecule has 3 aliphatic rings. The first-order chi connectivity index (χ1) is 13.8. The van der Waals surface area contributed by atoms with Crippen LogP contribution in [-0.4, -0.2) is 34.1 Å². The van der Waals surface area contributed by atoms with E-state index in [1.165, 1.54) is 12.3 Å². The van der Waals surface area contributed by atoms with Gasteiger partial charge in [0.2, 0.25) is 5.75 Å². The standard InChI is InChI=1S/C20H20BrN3O5/c1-3-10(2)29-18-14(21)6-11(7-15(18)24(27)28)9-22-23-19(25)16-12-4-5-13(8-12)17(16)20(23)26/h4-7,9-10,12-13,16-17H,3,8H2,1-2H3/t10-,12-,13-,16-,17+/m0/s1. The summed E-state index contributed by atoms with van der Waals surface area (Å²) in [7, 11) is 0. The Bertz CT molecular complexity index is 930. The van der Waals surface area contributed by atoms with Crippen molar-refractivity contribution in [1.82, 2.24) is 5.01 Å². The summed E-state index contributed by atoms with van der Waals surface area (Å²) in [4.78, 5) is 36.3. The van der Waals surface area contributed by atoms with Gasteiger partial charge in [-0.2, -0.15) is 10.1 Å². The molecule has 4 rings (SSSR count). The molecular formula is C20H20BrN3O5. The lowest BCUT2D eigenvalue weighted by atomic mass is 9.85. The van der Waals surface area contributed by atoms with Gasteiger partial charge < -0.3 is 4.74 Å². The molecule has 1 saturated heterocycles. The summed E-state index contributed by atoms with van der Waals surface area (Å²) >= 11 is 3.32. The number of hydrogen-bond acceptors (Lipinski definition) is 6. The third-order valence-corrected chi connectivity index (χ3v) is 6.50. The average Bonchev–Trinajstić information content (AvgIpc) is 3.36. The zero-order chi connectivity index (χ0) is 20.9. The quantitative estimate of drug-likeness (QED) is 0.211. The number of ether oxygens (including phenoxy) is 1. The Morgan fingerprint density at radius 1 is 1.31 bits per heavy atom. The fraction of sp³-hybridized carbons (Fsp3) is 0.450. The number of allylic oxidation sites excluding steroid dienone is 2. The Hall–Kier alpha value is -2.55. The number of nitrogens with zero attached hydrogens (tertiary/aromatic N) is 3. The van der Waals surface area contributed by atoms with E-state index in [-0.39, 0.29) is 53.0 Å². The highest BCUT2D eigenvalue weighted by molar-refractivity contribution is 9.10. The zero-order valence-corrected chi connectivity index (χ0v) is 17.5. The number of imide groups is 1. The molecule has 1 aromatic carbocycles. The van der Waals surface area contributed by atoms with Crippen molar-refractivity contribution in [3.8, 4) is 5.75 Å². The molecule has 2 aliphatic carbocycles. The van der Waals surface area contributed by atoms with Crippen LogP contribution in [0.15, 0.2) is 33.9 Å². The lowest BCUT2D eigenvalue weighted by Crippen LogP contribution is -2.28. The van der Waals surface area contributed by atoms with Crippen LogP contribution < -0.4 is 4.74 Å². The molecule has 0 unspecified atom stereocenters. The maximum absolute atomic E-state index is 12.7. The topological polar surface area (TPSA) is 102 Å². The van der Waals surface area contributed by atoms with Crippen molar-refractivity contribution in [3.63, 3.8) is 0 Å². The predicted octanol–water partition coefficient (Wildman–Crippen LogP) is 3.68. The first-order valence-corrected chi connectivity index (χ1v) is 10.4. The number of rotatable bonds is 6. The second kappa shape index (κ2) is 7.37. The Morgan fingerprint density at radius 2 is 1.93 bits per heavy atom. The number of benzene rings is 1. The largest absolute Gasteiger partial charge is 0.483 e. The Labute approximate surface area is 175 Å². The number of amides is 2. The van der Waals surface area contributed by atoms with E-state index in [4.69, 9.17) is 4.74 Å². The Balaban J connectivity index is 1.60. The van der Waals surface area contributed by atoms with Crippen LogP contribution in [0.4, 0.5) is 5.69 Å². The summed E-state index contributed by atoms with van der Waals surface area (Å²) in [5.41, 5.74) is 0.179. The van der Waals surface area contributed by atoms with E-state index in [1.807, 2.05) is 26.0 Å². The van der Waals surface area contributed by atoms with Crippen molar-refractivity contribution < 1.29 is 19.2 Å². The van der Waals surface area contributed by atoms with Crippen LogP contribution in [0.3, 0.4) is 0 Å². The molecule has 1 saturated carbocycles. The lowest BCUT2D eigenvalue weighted by molar-refractivity contribution is -0.386. The summed E-state index contributed by atoms with van der Waals surface area (Å²) in [5, 5.41) is 16.5. The summed E-state index contributed by atoms with van der Waals surface area (Å²) in [6, 6.07) is 2.94. The van der Waals surface area contributed by atoms with Crippen molar-refractivity contribution in [2.45, 2.75) is 32.8 Å². The molecule has 5 atom stereocenters. The summed E-state index contributed by atoms with van der Waals surface area (Å²) in [5.74, 6) is -0.893. The van der Waals surface area contributed by atoms with E-state index in [9.17, 15) is 19.7 Å². The van der Waals surface area contributed by atoms with E-state index in [1.54, 1.807) is 6.07 Å². The van der Waals surface area contributed by atoms with Crippen molar-refractivity contribution in [2.75, 3.05) is 0 Å². The molecule has 2 amide bonds. The second-order valence-electron chi connectivity index (χ2n) is 7.68. The number of nitro groups is 1. The van der Waals surface area contributed by atoms with E-state index < -0.39 is 4.92 Å². The van der Waals surface area contributed by atoms with Crippen LogP contribution in [-0.2, 0) is 9.59 Å². The number of hydrazone groups is 1. The molecule has 0 radical (unpaired) electrons. The molecule has 8 nitrogen and oxygen atoms in total. The highest BCUT2D eigenvalue weighted by Crippen LogP contribution is 2.52. The Morgan fingerprint density at radius 3 is 2.48 bits per heavy atom. The van der Waals surface area contributed by atoms with Crippen molar-refractivity contribution in [3.05, 3.63) is 44.4 Å². The monoisotopic (exact) mass is 461 g/mol. The lowest BCUT2D eigenvalue weighted by Gasteiger charge is -2.14. The van der Waals surface area contributed by atoms with Crippen LogP contribution in [0.5, 0.6) is 5.75 Å². The minimum Gasteiger partial charge on any atom is -0.483 e. The van der Waals surface area contributed by atoms with Gasteiger partial charge in [0, 0.05) is 11.6 Å². The first kappa shape index (κ1) is 19.8. The molecule has 1 aromatic rings. The van der Waals surface area contributed by atoms with Crippen LogP contribution in [0.25, 0.3) is 0 Å². The van der Waals surface area contributed by atoms with Crippen LogP contribution >= 0.6 is 15.9 Å². The van der Waals surface area contributed by atoms with Crippen LogP contribution in [0.2, 0.25) is 0 Å². The number of fused-ring (bicyclic) bond motifs is 5. The summed E-state index contributed by atoms with van der Waals surface area (Å²) < 4.78 is 6.08. The summed E-state index contributed by atoms with van der Waals surface area (Å²) in [6.07, 6.45) is 6.69. The molecule has 1 aliphatic heterocycles. The minimum absolute atomic E-state index is 0.105. The van der Waals surface area contributed by atoms with Gasteiger partial charge in [0.05, 0.1) is 33.6 Å². The Kier molecular flexibility index (Phi) is 5.02. The van der Waals surface area contributed by atoms with Crippen LogP contribution in [0.1, 0.15) is 32.3 Å². The van der Waals surface area contributed by atoms with E-state index >= 15 is 0 Å². The van der Waals surface area contributed by atoms with E-state index in [0.717, 1.165) is 11.4 Å². The van der Waals surface area contributed by atoms with E-state index in [2.05, 4.69) is 21.0 Å². The fourth-order valence-corrected chi connectivity index (χ4v) is 4.90. The molecule has 152 valence electrons. The normalized spacial score (nSPS) is 28.4. The second-order valence-corrected chi connectivity index (χ2v) is 8.53. The molecule has 0 aromatic heterocycles. The van der Waals surface area contributed by atoms with Gasteiger partial charge in [-0.05, 0) is 53.6 Å². The smallest absolute Gasteiger partial charge is 0.312 e. The number of halogens is 1. The number of hydrogen-bond donors (Lipinski definition) is 0. The average molecular weight is 462 g/mol. The third kappa shape index (κ3) is 3.27. The highest BCUT2D eigenvalue weighted by atomic mass is 79.9. The third-order valence-electron chi connectivity index (χ3n) is 5.91. The van der Waals surface area contributed by atoms with E-state index in [0.29, 0.717) is 16.5 Å². The van der Waals surface area contributed by atoms with Crippen molar-refractivity contribution in [2.24, 2.45) is 28.8 Å². The number of nitro benzene ring substituents is 1. The van der Waals surface area contributed by atoms with Gasteiger partial charge in [-0.25, -0.2) is 0 Å². The maximum atomic E-state index is 12.7. The van der Waals surface area contributed by atoms with Gasteiger partial charge in [0.15, 0.2) is 0 Å². The molecule has 1 heterocycles. The molecule has 29 heavy (non-hydrogen) atoms. The molecule has 0 spiro atoms. The van der Waals surface area contributed by atoms with Crippen molar-refractivity contribution in [1.29, 1.82) is 0 Å². The highest BCUT2D eigenvalue weighted by Gasteiger charge is 2.59. The van der Waals surface area contributed by atoms with Gasteiger partial charge in [0.1, 0.15) is 0 Å². The zero-order valence-electron chi connectivity index (χ0n) is 15.9. The number of carbonyl (C=O) groups excluding carboxylic acids is 2. The van der Waals surface area contributed by atoms with Gasteiger partial charge >= 0.3 is 5.69 Å². The van der Waals surface area contributed by atoms with Gasteiger partial charge in [-0.3, -0.25) is 19.7 Å². The molecule has 2 bridgehead atoms. The molecule has 2 fully saturated rings.